The molecule has 2 N–H and O–H groups in total. The summed E-state index contributed by atoms with van der Waals surface area (Å²) in [6.45, 7) is 5.38. The predicted molar refractivity (Wildman–Crippen MR) is 149 cm³/mol. The molecule has 5 atom stereocenters. The van der Waals surface area contributed by atoms with Gasteiger partial charge in [0.15, 0.2) is 0 Å². The van der Waals surface area contributed by atoms with Crippen molar-refractivity contribution in [2.45, 2.75) is 82.2 Å². The second-order valence-corrected chi connectivity index (χ2v) is 13.7. The molecule has 0 aromatic heterocycles. The maximum atomic E-state index is 14.3. The molecule has 1 saturated carbocycles. The highest BCUT2D eigenvalue weighted by molar-refractivity contribution is 7.90. The number of nitrogens with zero attached hydrogens (tertiary/aromatic N) is 1. The minimum Gasteiger partial charge on any atom is -0.481 e. The number of carbonyl (C=O) groups excluding carboxylic acids is 1. The lowest BCUT2D eigenvalue weighted by Gasteiger charge is -2.53. The lowest BCUT2D eigenvalue weighted by molar-refractivity contribution is -0.161. The predicted octanol–water partition coefficient (Wildman–Crippen LogP) is 5.78. The summed E-state index contributed by atoms with van der Waals surface area (Å²) in [5.74, 6) is -1.66. The number of carboxylic acids is 1. The van der Waals surface area contributed by atoms with Crippen molar-refractivity contribution < 1.29 is 23.1 Å². The van der Waals surface area contributed by atoms with Crippen molar-refractivity contribution in [3.63, 3.8) is 0 Å². The van der Waals surface area contributed by atoms with Crippen molar-refractivity contribution >= 4 is 45.1 Å². The number of sulfonamides is 1. The number of halogens is 2. The molecule has 0 bridgehead atoms. The van der Waals surface area contributed by atoms with Gasteiger partial charge in [-0.1, -0.05) is 61.3 Å². The highest BCUT2D eigenvalue weighted by Gasteiger charge is 2.53. The van der Waals surface area contributed by atoms with Crippen LogP contribution in [0.15, 0.2) is 48.5 Å². The Morgan fingerprint density at radius 1 is 1.13 bits per heavy atom. The van der Waals surface area contributed by atoms with E-state index in [2.05, 4.69) is 4.72 Å². The first kappa shape index (κ1) is 28.9. The summed E-state index contributed by atoms with van der Waals surface area (Å²) in [4.78, 5) is 28.0. The number of likely N-dealkylation sites (tertiary alicyclic amines) is 1. The van der Waals surface area contributed by atoms with E-state index in [1.165, 1.54) is 0 Å². The zero-order valence-corrected chi connectivity index (χ0v) is 24.1. The quantitative estimate of drug-likeness (QED) is 0.370. The summed E-state index contributed by atoms with van der Waals surface area (Å²) in [5, 5.41) is 10.5. The van der Waals surface area contributed by atoms with E-state index in [1.807, 2.05) is 37.3 Å². The molecule has 7 nitrogen and oxygen atoms in total. The third kappa shape index (κ3) is 6.03. The highest BCUT2D eigenvalue weighted by atomic mass is 35.5. The second kappa shape index (κ2) is 11.2. The minimum atomic E-state index is -3.52. The molecule has 0 spiro atoms. The van der Waals surface area contributed by atoms with Gasteiger partial charge >= 0.3 is 5.97 Å². The summed E-state index contributed by atoms with van der Waals surface area (Å²) in [6.07, 6.45) is 1.67. The fourth-order valence-electron chi connectivity index (χ4n) is 5.85. The summed E-state index contributed by atoms with van der Waals surface area (Å²) in [5.41, 5.74) is 0.512. The van der Waals surface area contributed by atoms with Crippen molar-refractivity contribution in [1.82, 2.24) is 9.62 Å². The van der Waals surface area contributed by atoms with E-state index in [0.29, 0.717) is 35.7 Å². The third-order valence-corrected chi connectivity index (χ3v) is 10.3. The van der Waals surface area contributed by atoms with Gasteiger partial charge in [-0.3, -0.25) is 9.59 Å². The van der Waals surface area contributed by atoms with Crippen LogP contribution in [0.1, 0.15) is 76.0 Å². The molecular weight excluding hydrogens is 547 g/mol. The summed E-state index contributed by atoms with van der Waals surface area (Å²) >= 11 is 12.6. The van der Waals surface area contributed by atoms with Crippen LogP contribution in [0, 0.1) is 5.41 Å². The first-order valence-electron chi connectivity index (χ1n) is 12.9. The molecule has 0 radical (unpaired) electrons. The molecule has 10 heteroatoms. The highest BCUT2D eigenvalue weighted by Crippen LogP contribution is 2.52. The Labute approximate surface area is 234 Å². The first-order valence-corrected chi connectivity index (χ1v) is 15.2. The van der Waals surface area contributed by atoms with Crippen LogP contribution in [0.5, 0.6) is 0 Å². The van der Waals surface area contributed by atoms with Crippen LogP contribution < -0.4 is 4.72 Å². The first-order chi connectivity index (χ1) is 17.9. The Kier molecular flexibility index (Phi) is 8.48. The van der Waals surface area contributed by atoms with Gasteiger partial charge in [0, 0.05) is 28.0 Å². The Bertz CT molecular complexity index is 1300. The van der Waals surface area contributed by atoms with E-state index in [1.54, 1.807) is 36.9 Å². The van der Waals surface area contributed by atoms with Gasteiger partial charge in [-0.2, -0.15) is 0 Å². The van der Waals surface area contributed by atoms with Crippen LogP contribution >= 0.6 is 23.2 Å². The molecule has 2 aliphatic rings. The maximum Gasteiger partial charge on any atom is 0.304 e. The maximum absolute atomic E-state index is 14.3. The van der Waals surface area contributed by atoms with Crippen molar-refractivity contribution in [2.24, 2.45) is 5.41 Å². The third-order valence-electron chi connectivity index (χ3n) is 7.80. The number of benzene rings is 2. The van der Waals surface area contributed by atoms with E-state index in [0.717, 1.165) is 11.1 Å². The van der Waals surface area contributed by atoms with Crippen LogP contribution in [0.2, 0.25) is 10.0 Å². The molecule has 206 valence electrons. The average Bonchev–Trinajstić information content (AvgIpc) is 3.68. The molecule has 1 heterocycles. The number of rotatable bonds is 10. The largest absolute Gasteiger partial charge is 0.481 e. The van der Waals surface area contributed by atoms with Gasteiger partial charge in [-0.05, 0) is 68.0 Å². The molecule has 2 aromatic carbocycles. The Morgan fingerprint density at radius 3 is 2.34 bits per heavy atom. The number of carboxylic acid groups (broad SMARTS) is 1. The molecule has 38 heavy (non-hydrogen) atoms. The van der Waals surface area contributed by atoms with E-state index >= 15 is 0 Å². The van der Waals surface area contributed by atoms with Crippen LogP contribution in [0.4, 0.5) is 0 Å². The molecule has 5 unspecified atom stereocenters. The normalized spacial score (nSPS) is 25.7. The van der Waals surface area contributed by atoms with E-state index < -0.39 is 44.8 Å². The van der Waals surface area contributed by atoms with Gasteiger partial charge in [0.2, 0.25) is 15.9 Å². The number of aliphatic carboxylic acids is 1. The smallest absolute Gasteiger partial charge is 0.304 e. The fraction of sp³-hybridized carbons (Fsp3) is 0.500. The Balaban J connectivity index is 1.87. The monoisotopic (exact) mass is 580 g/mol. The number of hydrogen-bond donors (Lipinski definition) is 2. The molecular formula is C28H34Cl2N2O5S. The topological polar surface area (TPSA) is 104 Å². The average molecular weight is 582 g/mol. The number of carbonyl (C=O) groups is 2. The number of nitrogens with one attached hydrogen (secondary N) is 1. The van der Waals surface area contributed by atoms with E-state index in [4.69, 9.17) is 23.2 Å². The molecule has 1 amide bonds. The SMILES string of the molecule is CCC(C(C)NS(=O)(=O)C1CC1)N1C(=O)C(C)(CC(=O)O)CC(c2cccc(Cl)c2)C1c1ccc(Cl)cc1. The number of piperidine rings is 1. The van der Waals surface area contributed by atoms with Crippen molar-refractivity contribution in [2.75, 3.05) is 0 Å². The van der Waals surface area contributed by atoms with Crippen LogP contribution in [-0.4, -0.2) is 47.6 Å². The fourth-order valence-corrected chi connectivity index (χ4v) is 7.80. The van der Waals surface area contributed by atoms with Gasteiger partial charge in [0.1, 0.15) is 0 Å². The van der Waals surface area contributed by atoms with Crippen LogP contribution in [-0.2, 0) is 19.6 Å². The summed E-state index contributed by atoms with van der Waals surface area (Å²) < 4.78 is 28.5. The van der Waals surface area contributed by atoms with Crippen LogP contribution in [0.25, 0.3) is 0 Å². The molecule has 1 saturated heterocycles. The Morgan fingerprint density at radius 2 is 1.79 bits per heavy atom. The van der Waals surface area contributed by atoms with E-state index in [9.17, 15) is 23.1 Å². The van der Waals surface area contributed by atoms with Crippen molar-refractivity contribution in [1.29, 1.82) is 0 Å². The lowest BCUT2D eigenvalue weighted by atomic mass is 9.66. The standard InChI is InChI=1S/C28H34Cl2N2O5S/c1-4-24(17(2)31-38(36,37)22-12-13-22)32-26(18-8-10-20(29)11-9-18)23(19-6-5-7-21(30)14-19)15-28(3,27(32)35)16-25(33)34/h5-11,14,17,22-24,26,31H,4,12-13,15-16H2,1-3H3,(H,33,34). The zero-order chi connectivity index (χ0) is 27.8. The van der Waals surface area contributed by atoms with Crippen molar-refractivity contribution in [3.05, 3.63) is 69.7 Å². The summed E-state index contributed by atoms with van der Waals surface area (Å²) in [6, 6.07) is 13.1. The van der Waals surface area contributed by atoms with E-state index in [-0.39, 0.29) is 18.2 Å². The van der Waals surface area contributed by atoms with Crippen molar-refractivity contribution in [3.8, 4) is 0 Å². The molecule has 2 aromatic rings. The van der Waals surface area contributed by atoms with Crippen LogP contribution in [0.3, 0.4) is 0 Å². The molecule has 4 rings (SSSR count). The van der Waals surface area contributed by atoms with Gasteiger partial charge in [-0.15, -0.1) is 0 Å². The second-order valence-electron chi connectivity index (χ2n) is 10.8. The van der Waals surface area contributed by atoms with Gasteiger partial charge in [-0.25, -0.2) is 13.1 Å². The minimum absolute atomic E-state index is 0.293. The lowest BCUT2D eigenvalue weighted by Crippen LogP contribution is -2.60. The Hall–Kier alpha value is -2.13. The molecule has 1 aliphatic heterocycles. The zero-order valence-electron chi connectivity index (χ0n) is 21.7. The number of amides is 1. The van der Waals surface area contributed by atoms with Gasteiger partial charge in [0.05, 0.1) is 23.1 Å². The molecule has 2 fully saturated rings. The summed E-state index contributed by atoms with van der Waals surface area (Å²) in [7, 11) is -3.52. The van der Waals surface area contributed by atoms with Gasteiger partial charge in [0.25, 0.3) is 0 Å². The molecule has 1 aliphatic carbocycles. The number of hydrogen-bond acceptors (Lipinski definition) is 4. The van der Waals surface area contributed by atoms with Gasteiger partial charge < -0.3 is 10.0 Å².